The number of rotatable bonds is 7. The Hall–Kier alpha value is -2.71. The van der Waals surface area contributed by atoms with Crippen molar-refractivity contribution in [3.8, 4) is 11.5 Å². The maximum Gasteiger partial charge on any atom is 0.241 e. The van der Waals surface area contributed by atoms with Gasteiger partial charge in [0, 0.05) is 37.3 Å². The van der Waals surface area contributed by atoms with Crippen molar-refractivity contribution in [2.24, 2.45) is 7.05 Å². The predicted molar refractivity (Wildman–Crippen MR) is 101 cm³/mol. The van der Waals surface area contributed by atoms with Crippen LogP contribution in [0, 0.1) is 5.82 Å². The molecular formula is C18H21ClFN5O2. The molecule has 0 bridgehead atoms. The second-order valence-electron chi connectivity index (χ2n) is 5.86. The van der Waals surface area contributed by atoms with Gasteiger partial charge in [0.15, 0.2) is 0 Å². The lowest BCUT2D eigenvalue weighted by molar-refractivity contribution is -0.123. The van der Waals surface area contributed by atoms with Crippen LogP contribution in [0.15, 0.2) is 47.3 Å². The number of carbonyl (C=O) groups excluding carboxylic acids is 1. The Morgan fingerprint density at radius 1 is 1.33 bits per heavy atom. The molecule has 2 N–H and O–H groups in total. The van der Waals surface area contributed by atoms with Gasteiger partial charge in [0.25, 0.3) is 0 Å². The summed E-state index contributed by atoms with van der Waals surface area (Å²) in [6, 6.07) is 5.47. The van der Waals surface area contributed by atoms with Gasteiger partial charge in [-0.05, 0) is 31.3 Å². The Kier molecular flexibility index (Phi) is 7.09. The molecule has 0 radical (unpaired) electrons. The monoisotopic (exact) mass is 393 g/mol. The van der Waals surface area contributed by atoms with E-state index in [4.69, 9.17) is 4.42 Å². The minimum Gasteiger partial charge on any atom is -0.444 e. The molecular weight excluding hydrogens is 373 g/mol. The van der Waals surface area contributed by atoms with Gasteiger partial charge < -0.3 is 15.1 Å². The molecule has 3 rings (SSSR count). The summed E-state index contributed by atoms with van der Waals surface area (Å²) in [6.07, 6.45) is 5.53. The average molecular weight is 394 g/mol. The molecule has 27 heavy (non-hydrogen) atoms. The van der Waals surface area contributed by atoms with E-state index in [1.54, 1.807) is 49.6 Å². The van der Waals surface area contributed by atoms with E-state index in [0.717, 1.165) is 5.56 Å². The molecule has 1 atom stereocenters. The van der Waals surface area contributed by atoms with Gasteiger partial charge in [-0.25, -0.2) is 9.37 Å². The van der Waals surface area contributed by atoms with Crippen LogP contribution < -0.4 is 10.6 Å². The third kappa shape index (κ3) is 5.15. The molecule has 1 aromatic carbocycles. The summed E-state index contributed by atoms with van der Waals surface area (Å²) in [5.41, 5.74) is 2.22. The van der Waals surface area contributed by atoms with Crippen LogP contribution >= 0.6 is 12.4 Å². The number of oxazole rings is 1. The molecule has 2 heterocycles. The van der Waals surface area contributed by atoms with E-state index in [9.17, 15) is 9.18 Å². The lowest BCUT2D eigenvalue weighted by atomic mass is 10.1. The molecule has 0 fully saturated rings. The molecule has 2 aromatic heterocycles. The molecule has 0 saturated carbocycles. The highest BCUT2D eigenvalue weighted by molar-refractivity contribution is 5.85. The van der Waals surface area contributed by atoms with E-state index in [2.05, 4.69) is 20.7 Å². The van der Waals surface area contributed by atoms with E-state index in [0.29, 0.717) is 30.1 Å². The number of hydrogen-bond acceptors (Lipinski definition) is 5. The van der Waals surface area contributed by atoms with E-state index in [1.807, 2.05) is 0 Å². The largest absolute Gasteiger partial charge is 0.444 e. The molecule has 1 amide bonds. The number of nitrogens with zero attached hydrogens (tertiary/aromatic N) is 3. The fourth-order valence-corrected chi connectivity index (χ4v) is 2.60. The van der Waals surface area contributed by atoms with E-state index < -0.39 is 6.04 Å². The van der Waals surface area contributed by atoms with Crippen molar-refractivity contribution >= 4 is 18.3 Å². The SMILES string of the molecule is CNC(C(=O)NCCc1coc(-c2ccc(F)cc2)n1)c1cnn(C)c1.Cl. The first-order valence-electron chi connectivity index (χ1n) is 8.20. The van der Waals surface area contributed by atoms with Crippen molar-refractivity contribution in [2.45, 2.75) is 12.5 Å². The fourth-order valence-electron chi connectivity index (χ4n) is 2.60. The summed E-state index contributed by atoms with van der Waals surface area (Å²) in [5.74, 6) is -0.0199. The van der Waals surface area contributed by atoms with Crippen LogP contribution in [-0.2, 0) is 18.3 Å². The number of halogens is 2. The van der Waals surface area contributed by atoms with Crippen molar-refractivity contribution in [1.29, 1.82) is 0 Å². The number of aryl methyl sites for hydroxylation is 1. The third-order valence-electron chi connectivity index (χ3n) is 3.93. The van der Waals surface area contributed by atoms with Gasteiger partial charge in [-0.15, -0.1) is 12.4 Å². The summed E-state index contributed by atoms with van der Waals surface area (Å²) < 4.78 is 20.0. The molecule has 7 nitrogen and oxygen atoms in total. The van der Waals surface area contributed by atoms with Crippen molar-refractivity contribution in [3.63, 3.8) is 0 Å². The highest BCUT2D eigenvalue weighted by Crippen LogP contribution is 2.19. The first-order valence-corrected chi connectivity index (χ1v) is 8.20. The lowest BCUT2D eigenvalue weighted by Gasteiger charge is -2.14. The molecule has 0 aliphatic carbocycles. The van der Waals surface area contributed by atoms with Crippen LogP contribution in [0.2, 0.25) is 0 Å². The minimum absolute atomic E-state index is 0. The topological polar surface area (TPSA) is 85.0 Å². The van der Waals surface area contributed by atoms with Crippen molar-refractivity contribution in [2.75, 3.05) is 13.6 Å². The smallest absolute Gasteiger partial charge is 0.241 e. The van der Waals surface area contributed by atoms with Crippen LogP contribution in [0.3, 0.4) is 0 Å². The molecule has 0 saturated heterocycles. The van der Waals surface area contributed by atoms with E-state index >= 15 is 0 Å². The number of hydrogen-bond donors (Lipinski definition) is 2. The average Bonchev–Trinajstić information content (AvgIpc) is 3.26. The summed E-state index contributed by atoms with van der Waals surface area (Å²) in [5, 5.41) is 9.94. The fraction of sp³-hybridized carbons (Fsp3) is 0.278. The Morgan fingerprint density at radius 3 is 2.70 bits per heavy atom. The maximum absolute atomic E-state index is 13.0. The second-order valence-corrected chi connectivity index (χ2v) is 5.86. The standard InChI is InChI=1S/C18H20FN5O2.ClH/c1-20-16(13-9-22-24(2)10-13)17(25)21-8-7-15-11-26-18(23-15)12-3-5-14(19)6-4-12;/h3-6,9-11,16,20H,7-8H2,1-2H3,(H,21,25);1H. The molecule has 0 aliphatic rings. The number of nitrogens with one attached hydrogen (secondary N) is 2. The zero-order valence-corrected chi connectivity index (χ0v) is 15.8. The summed E-state index contributed by atoms with van der Waals surface area (Å²) in [6.45, 7) is 0.423. The van der Waals surface area contributed by atoms with Crippen molar-refractivity contribution < 1.29 is 13.6 Å². The third-order valence-corrected chi connectivity index (χ3v) is 3.93. The highest BCUT2D eigenvalue weighted by atomic mass is 35.5. The zero-order chi connectivity index (χ0) is 18.5. The first-order chi connectivity index (χ1) is 12.6. The maximum atomic E-state index is 13.0. The Bertz CT molecular complexity index is 878. The van der Waals surface area contributed by atoms with Crippen LogP contribution in [-0.4, -0.2) is 34.3 Å². The Morgan fingerprint density at radius 2 is 2.07 bits per heavy atom. The van der Waals surface area contributed by atoms with Gasteiger partial charge in [0.05, 0.1) is 11.9 Å². The minimum atomic E-state index is -0.462. The second kappa shape index (κ2) is 9.29. The predicted octanol–water partition coefficient (Wildman–Crippen LogP) is 2.26. The summed E-state index contributed by atoms with van der Waals surface area (Å²) in [7, 11) is 3.53. The Labute approximate surface area is 162 Å². The molecule has 0 spiro atoms. The first kappa shape index (κ1) is 20.6. The summed E-state index contributed by atoms with van der Waals surface area (Å²) >= 11 is 0. The van der Waals surface area contributed by atoms with Gasteiger partial charge in [0.1, 0.15) is 18.1 Å². The van der Waals surface area contributed by atoms with Gasteiger partial charge in [-0.3, -0.25) is 9.48 Å². The van der Waals surface area contributed by atoms with Gasteiger partial charge in [-0.1, -0.05) is 0 Å². The number of benzene rings is 1. The molecule has 1 unspecified atom stereocenters. The molecule has 9 heteroatoms. The lowest BCUT2D eigenvalue weighted by Crippen LogP contribution is -2.36. The summed E-state index contributed by atoms with van der Waals surface area (Å²) in [4.78, 5) is 16.7. The number of amides is 1. The quantitative estimate of drug-likeness (QED) is 0.643. The molecule has 3 aromatic rings. The van der Waals surface area contributed by atoms with Crippen LogP contribution in [0.25, 0.3) is 11.5 Å². The van der Waals surface area contributed by atoms with E-state index in [1.165, 1.54) is 12.1 Å². The van der Waals surface area contributed by atoms with Gasteiger partial charge in [0.2, 0.25) is 11.8 Å². The number of likely N-dealkylation sites (N-methyl/N-ethyl adjacent to an activating group) is 1. The van der Waals surface area contributed by atoms with Crippen molar-refractivity contribution in [1.82, 2.24) is 25.4 Å². The zero-order valence-electron chi connectivity index (χ0n) is 15.0. The van der Waals surface area contributed by atoms with Crippen LogP contribution in [0.1, 0.15) is 17.3 Å². The normalized spacial score (nSPS) is 11.7. The number of aromatic nitrogens is 3. The van der Waals surface area contributed by atoms with Crippen LogP contribution in [0.4, 0.5) is 4.39 Å². The molecule has 0 aliphatic heterocycles. The van der Waals surface area contributed by atoms with E-state index in [-0.39, 0.29) is 24.1 Å². The Balaban J connectivity index is 0.00000261. The molecule has 144 valence electrons. The number of carbonyl (C=O) groups is 1. The highest BCUT2D eigenvalue weighted by Gasteiger charge is 2.19. The van der Waals surface area contributed by atoms with Crippen LogP contribution in [0.5, 0.6) is 0 Å². The van der Waals surface area contributed by atoms with Gasteiger partial charge >= 0.3 is 0 Å². The van der Waals surface area contributed by atoms with Crippen molar-refractivity contribution in [3.05, 3.63) is 60.0 Å². The van der Waals surface area contributed by atoms with Gasteiger partial charge in [-0.2, -0.15) is 5.10 Å².